The van der Waals surface area contributed by atoms with E-state index in [0.717, 1.165) is 37.6 Å². The van der Waals surface area contributed by atoms with Gasteiger partial charge in [-0.15, -0.1) is 0 Å². The Hall–Kier alpha value is -3.33. The monoisotopic (exact) mass is 524 g/mol. The molecule has 1 unspecified atom stereocenters. The number of benzene rings is 2. The molecule has 0 radical (unpaired) electrons. The standard InChI is InChI=1S/C28H33ClN4O4/c1-20(2)36-26-8-4-3-7-25(26)33-16-14-32(15-17-33)19-22(34)18-31-27(35)24-6-5-13-30-28(24)37-23-11-9-21(29)10-12-23/h3-13,20,22,34H,14-19H2,1-2H3,(H,31,35). The van der Waals surface area contributed by atoms with E-state index in [1.165, 1.54) is 0 Å². The first kappa shape index (κ1) is 26.7. The molecule has 2 N–H and O–H groups in total. The zero-order valence-corrected chi connectivity index (χ0v) is 21.9. The van der Waals surface area contributed by atoms with Gasteiger partial charge in [0, 0.05) is 50.5 Å². The van der Waals surface area contributed by atoms with Gasteiger partial charge in [-0.3, -0.25) is 9.69 Å². The van der Waals surface area contributed by atoms with Crippen molar-refractivity contribution in [2.45, 2.75) is 26.1 Å². The molecule has 9 heteroatoms. The molecule has 196 valence electrons. The van der Waals surface area contributed by atoms with Crippen molar-refractivity contribution < 1.29 is 19.4 Å². The number of anilines is 1. The van der Waals surface area contributed by atoms with E-state index in [2.05, 4.69) is 26.2 Å². The van der Waals surface area contributed by atoms with E-state index in [1.807, 2.05) is 32.0 Å². The van der Waals surface area contributed by atoms with E-state index in [9.17, 15) is 9.90 Å². The van der Waals surface area contributed by atoms with E-state index in [4.69, 9.17) is 21.1 Å². The van der Waals surface area contributed by atoms with Crippen molar-refractivity contribution in [1.29, 1.82) is 0 Å². The molecule has 1 aromatic heterocycles. The second-order valence-electron chi connectivity index (χ2n) is 9.20. The molecule has 1 amide bonds. The maximum absolute atomic E-state index is 12.8. The molecule has 0 bridgehead atoms. The van der Waals surface area contributed by atoms with Crippen LogP contribution in [0.4, 0.5) is 5.69 Å². The number of amides is 1. The van der Waals surface area contributed by atoms with Crippen LogP contribution in [0, 0.1) is 0 Å². The lowest BCUT2D eigenvalue weighted by atomic mass is 10.2. The number of rotatable bonds is 10. The molecular formula is C28H33ClN4O4. The average molecular weight is 525 g/mol. The van der Waals surface area contributed by atoms with Crippen LogP contribution < -0.4 is 19.7 Å². The quantitative estimate of drug-likeness (QED) is 0.410. The molecule has 1 aliphatic rings. The molecule has 0 aliphatic carbocycles. The zero-order chi connectivity index (χ0) is 26.2. The predicted molar refractivity (Wildman–Crippen MR) is 145 cm³/mol. The van der Waals surface area contributed by atoms with Gasteiger partial charge in [0.05, 0.1) is 17.9 Å². The number of hydrogen-bond donors (Lipinski definition) is 2. The van der Waals surface area contributed by atoms with E-state index in [-0.39, 0.29) is 24.4 Å². The van der Waals surface area contributed by atoms with Gasteiger partial charge in [-0.1, -0.05) is 23.7 Å². The molecule has 8 nitrogen and oxygen atoms in total. The molecule has 2 aromatic carbocycles. The predicted octanol–water partition coefficient (Wildman–Crippen LogP) is 4.23. The van der Waals surface area contributed by atoms with Crippen LogP contribution >= 0.6 is 11.6 Å². The maximum atomic E-state index is 12.8. The Morgan fingerprint density at radius 2 is 1.78 bits per heavy atom. The van der Waals surface area contributed by atoms with Crippen molar-refractivity contribution in [2.24, 2.45) is 0 Å². The van der Waals surface area contributed by atoms with Crippen molar-refractivity contribution in [3.63, 3.8) is 0 Å². The van der Waals surface area contributed by atoms with Crippen molar-refractivity contribution in [1.82, 2.24) is 15.2 Å². The summed E-state index contributed by atoms with van der Waals surface area (Å²) in [5, 5.41) is 14.0. The largest absolute Gasteiger partial charge is 0.489 e. The fraction of sp³-hybridized carbons (Fsp3) is 0.357. The van der Waals surface area contributed by atoms with Crippen LogP contribution in [0.15, 0.2) is 66.9 Å². The number of hydrogen-bond acceptors (Lipinski definition) is 7. The molecular weight excluding hydrogens is 492 g/mol. The molecule has 4 rings (SSSR count). The topological polar surface area (TPSA) is 87.2 Å². The normalized spacial score (nSPS) is 14.9. The van der Waals surface area contributed by atoms with Gasteiger partial charge in [-0.2, -0.15) is 0 Å². The number of para-hydroxylation sites is 2. The summed E-state index contributed by atoms with van der Waals surface area (Å²) in [6.45, 7) is 7.93. The van der Waals surface area contributed by atoms with E-state index < -0.39 is 6.10 Å². The number of ether oxygens (including phenoxy) is 2. The van der Waals surface area contributed by atoms with Crippen LogP contribution in [0.2, 0.25) is 5.02 Å². The highest BCUT2D eigenvalue weighted by atomic mass is 35.5. The third-order valence-electron chi connectivity index (χ3n) is 5.95. The minimum atomic E-state index is -0.704. The van der Waals surface area contributed by atoms with Crippen LogP contribution in [0.3, 0.4) is 0 Å². The number of halogens is 1. The molecule has 1 fully saturated rings. The number of nitrogens with zero attached hydrogens (tertiary/aromatic N) is 3. The van der Waals surface area contributed by atoms with Crippen molar-refractivity contribution in [3.05, 3.63) is 77.4 Å². The van der Waals surface area contributed by atoms with Crippen molar-refractivity contribution in [3.8, 4) is 17.4 Å². The van der Waals surface area contributed by atoms with Crippen LogP contribution in [-0.2, 0) is 0 Å². The number of aromatic nitrogens is 1. The summed E-state index contributed by atoms with van der Waals surface area (Å²) in [7, 11) is 0. The van der Waals surface area contributed by atoms with Crippen LogP contribution in [0.1, 0.15) is 24.2 Å². The van der Waals surface area contributed by atoms with Gasteiger partial charge < -0.3 is 24.8 Å². The van der Waals surface area contributed by atoms with Crippen molar-refractivity contribution >= 4 is 23.2 Å². The van der Waals surface area contributed by atoms with E-state index >= 15 is 0 Å². The number of carbonyl (C=O) groups excluding carboxylic acids is 1. The lowest BCUT2D eigenvalue weighted by molar-refractivity contribution is 0.0849. The first-order valence-electron chi connectivity index (χ1n) is 12.5. The summed E-state index contributed by atoms with van der Waals surface area (Å²) in [5.41, 5.74) is 1.39. The Labute approximate surface area is 222 Å². The number of nitrogens with one attached hydrogen (secondary N) is 1. The van der Waals surface area contributed by atoms with Gasteiger partial charge in [0.1, 0.15) is 17.1 Å². The number of pyridine rings is 1. The summed E-state index contributed by atoms with van der Waals surface area (Å²) in [5.74, 6) is 1.25. The fourth-order valence-electron chi connectivity index (χ4n) is 4.17. The molecule has 0 spiro atoms. The molecule has 2 heterocycles. The summed E-state index contributed by atoms with van der Waals surface area (Å²) in [6, 6.07) is 18.2. The summed E-state index contributed by atoms with van der Waals surface area (Å²) < 4.78 is 11.7. The minimum absolute atomic E-state index is 0.111. The van der Waals surface area contributed by atoms with E-state index in [1.54, 1.807) is 42.6 Å². The lowest BCUT2D eigenvalue weighted by Crippen LogP contribution is -2.50. The highest BCUT2D eigenvalue weighted by Gasteiger charge is 2.22. The van der Waals surface area contributed by atoms with Gasteiger partial charge in [-0.25, -0.2) is 4.98 Å². The molecule has 3 aromatic rings. The highest BCUT2D eigenvalue weighted by Crippen LogP contribution is 2.30. The number of carbonyl (C=O) groups is 1. The first-order chi connectivity index (χ1) is 17.9. The van der Waals surface area contributed by atoms with Gasteiger partial charge in [0.2, 0.25) is 5.88 Å². The van der Waals surface area contributed by atoms with Gasteiger partial charge in [0.25, 0.3) is 5.91 Å². The third kappa shape index (κ3) is 7.58. The Kier molecular flexibility index (Phi) is 9.22. The van der Waals surface area contributed by atoms with Crippen molar-refractivity contribution in [2.75, 3.05) is 44.2 Å². The second kappa shape index (κ2) is 12.8. The zero-order valence-electron chi connectivity index (χ0n) is 21.1. The lowest BCUT2D eigenvalue weighted by Gasteiger charge is -2.37. The molecule has 1 aliphatic heterocycles. The van der Waals surface area contributed by atoms with Gasteiger partial charge >= 0.3 is 0 Å². The SMILES string of the molecule is CC(C)Oc1ccccc1N1CCN(CC(O)CNC(=O)c2cccnc2Oc2ccc(Cl)cc2)CC1. The number of piperazine rings is 1. The van der Waals surface area contributed by atoms with Gasteiger partial charge in [0.15, 0.2) is 0 Å². The molecule has 37 heavy (non-hydrogen) atoms. The van der Waals surface area contributed by atoms with Crippen LogP contribution in [0.5, 0.6) is 17.4 Å². The Balaban J connectivity index is 1.26. The first-order valence-corrected chi connectivity index (χ1v) is 12.8. The highest BCUT2D eigenvalue weighted by molar-refractivity contribution is 6.30. The molecule has 0 saturated carbocycles. The minimum Gasteiger partial charge on any atom is -0.489 e. The fourth-order valence-corrected chi connectivity index (χ4v) is 4.30. The average Bonchev–Trinajstić information content (AvgIpc) is 2.89. The second-order valence-corrected chi connectivity index (χ2v) is 9.63. The molecule has 1 atom stereocenters. The smallest absolute Gasteiger partial charge is 0.256 e. The third-order valence-corrected chi connectivity index (χ3v) is 6.20. The van der Waals surface area contributed by atoms with Crippen LogP contribution in [0.25, 0.3) is 0 Å². The van der Waals surface area contributed by atoms with Crippen LogP contribution in [-0.4, -0.2) is 72.4 Å². The Morgan fingerprint density at radius 3 is 2.51 bits per heavy atom. The molecule has 1 saturated heterocycles. The van der Waals surface area contributed by atoms with E-state index in [0.29, 0.717) is 22.9 Å². The number of aliphatic hydroxyl groups is 1. The maximum Gasteiger partial charge on any atom is 0.256 e. The summed E-state index contributed by atoms with van der Waals surface area (Å²) >= 11 is 5.92. The Morgan fingerprint density at radius 1 is 1.05 bits per heavy atom. The summed E-state index contributed by atoms with van der Waals surface area (Å²) in [4.78, 5) is 21.5. The Bertz CT molecular complexity index is 1170. The number of aliphatic hydroxyl groups excluding tert-OH is 1. The number of β-amino-alcohol motifs (C(OH)–C–C–N with tert-alkyl or cyclic N) is 1. The summed E-state index contributed by atoms with van der Waals surface area (Å²) in [6.07, 6.45) is 0.966. The van der Waals surface area contributed by atoms with Gasteiger partial charge in [-0.05, 0) is 62.4 Å².